The molecule has 0 bridgehead atoms. The van der Waals surface area contributed by atoms with Gasteiger partial charge in [-0.25, -0.2) is 4.99 Å². The number of carbonyl (C=O) groups excluding carboxylic acids is 2. The first-order chi connectivity index (χ1) is 13.5. The second-order valence-electron chi connectivity index (χ2n) is 9.75. The third-order valence-corrected chi connectivity index (χ3v) is 7.49. The Morgan fingerprint density at radius 1 is 1.11 bits per heavy atom. The Morgan fingerprint density at radius 2 is 1.86 bits per heavy atom. The Balaban J connectivity index is 1.39. The summed E-state index contributed by atoms with van der Waals surface area (Å²) in [5.41, 5.74) is 5.36. The van der Waals surface area contributed by atoms with E-state index < -0.39 is 5.54 Å². The van der Waals surface area contributed by atoms with E-state index >= 15 is 0 Å². The number of nitrogens with zero attached hydrogens (tertiary/aromatic N) is 3. The zero-order valence-electron chi connectivity index (χ0n) is 17.4. The molecule has 1 unspecified atom stereocenters. The van der Waals surface area contributed by atoms with Gasteiger partial charge in [-0.3, -0.25) is 14.5 Å². The lowest BCUT2D eigenvalue weighted by Crippen LogP contribution is -2.44. The van der Waals surface area contributed by atoms with Gasteiger partial charge in [0, 0.05) is 26.6 Å². The fourth-order valence-corrected chi connectivity index (χ4v) is 5.48. The average molecular weight is 389 g/mol. The molecule has 4 aliphatic rings. The van der Waals surface area contributed by atoms with E-state index in [9.17, 15) is 9.59 Å². The van der Waals surface area contributed by atoms with Crippen LogP contribution in [0.2, 0.25) is 0 Å². The Labute approximate surface area is 168 Å². The standard InChI is InChI=1S/C22H36N4O2/c1-25-20(28)22(24-21(25)23,11-9-16-5-3-2-4-6-16)14-18-10-12-26(15-18)19(27)13-17-7-8-17/h16-18H,2-15H2,1H3,(H2,23,24)/t18?,22-/m0/s1. The van der Waals surface area contributed by atoms with Crippen LogP contribution < -0.4 is 5.73 Å². The van der Waals surface area contributed by atoms with Crippen LogP contribution >= 0.6 is 0 Å². The molecule has 0 aromatic heterocycles. The molecule has 156 valence electrons. The van der Waals surface area contributed by atoms with E-state index in [1.807, 2.05) is 4.90 Å². The van der Waals surface area contributed by atoms with E-state index in [-0.39, 0.29) is 5.91 Å². The van der Waals surface area contributed by atoms with Crippen molar-refractivity contribution in [3.05, 3.63) is 0 Å². The molecule has 2 amide bonds. The first-order valence-corrected chi connectivity index (χ1v) is 11.4. The van der Waals surface area contributed by atoms with Gasteiger partial charge in [-0.05, 0) is 56.3 Å². The minimum absolute atomic E-state index is 0.0589. The van der Waals surface area contributed by atoms with Crippen molar-refractivity contribution < 1.29 is 9.59 Å². The molecule has 0 spiro atoms. The fourth-order valence-electron chi connectivity index (χ4n) is 5.48. The van der Waals surface area contributed by atoms with E-state index in [1.54, 1.807) is 7.05 Å². The van der Waals surface area contributed by atoms with Gasteiger partial charge in [-0.2, -0.15) is 0 Å². The van der Waals surface area contributed by atoms with Gasteiger partial charge in [-0.15, -0.1) is 0 Å². The largest absolute Gasteiger partial charge is 0.369 e. The Kier molecular flexibility index (Phi) is 5.66. The third kappa shape index (κ3) is 4.20. The van der Waals surface area contributed by atoms with Crippen molar-refractivity contribution in [2.75, 3.05) is 20.1 Å². The summed E-state index contributed by atoms with van der Waals surface area (Å²) in [4.78, 5) is 33.9. The van der Waals surface area contributed by atoms with E-state index in [4.69, 9.17) is 10.7 Å². The Hall–Kier alpha value is -1.59. The number of hydrogen-bond donors (Lipinski definition) is 1. The predicted molar refractivity (Wildman–Crippen MR) is 110 cm³/mol. The fraction of sp³-hybridized carbons (Fsp3) is 0.864. The van der Waals surface area contributed by atoms with Gasteiger partial charge >= 0.3 is 0 Å². The summed E-state index contributed by atoms with van der Waals surface area (Å²) < 4.78 is 0. The van der Waals surface area contributed by atoms with Gasteiger partial charge in [0.05, 0.1) is 0 Å². The highest BCUT2D eigenvalue weighted by atomic mass is 16.2. The summed E-state index contributed by atoms with van der Waals surface area (Å²) in [5.74, 6) is 2.42. The maximum atomic E-state index is 13.1. The average Bonchev–Trinajstić information content (AvgIpc) is 3.34. The third-order valence-electron chi connectivity index (χ3n) is 7.49. The lowest BCUT2D eigenvalue weighted by atomic mass is 9.78. The van der Waals surface area contributed by atoms with Crippen molar-refractivity contribution in [3.63, 3.8) is 0 Å². The minimum Gasteiger partial charge on any atom is -0.369 e. The van der Waals surface area contributed by atoms with Gasteiger partial charge < -0.3 is 10.6 Å². The smallest absolute Gasteiger partial charge is 0.257 e. The number of likely N-dealkylation sites (N-methyl/N-ethyl adjacent to an activating group) is 1. The monoisotopic (exact) mass is 388 g/mol. The van der Waals surface area contributed by atoms with Crippen LogP contribution in [0.25, 0.3) is 0 Å². The van der Waals surface area contributed by atoms with Gasteiger partial charge in [0.2, 0.25) is 5.91 Å². The number of guanidine groups is 1. The zero-order chi connectivity index (χ0) is 19.7. The molecule has 4 rings (SSSR count). The highest BCUT2D eigenvalue weighted by molar-refractivity contribution is 6.06. The van der Waals surface area contributed by atoms with Crippen LogP contribution in [0.1, 0.15) is 77.0 Å². The second kappa shape index (κ2) is 8.03. The lowest BCUT2D eigenvalue weighted by Gasteiger charge is -2.30. The number of aliphatic imine (C=N–C) groups is 1. The van der Waals surface area contributed by atoms with Gasteiger partial charge in [-0.1, -0.05) is 32.1 Å². The molecule has 28 heavy (non-hydrogen) atoms. The minimum atomic E-state index is -0.698. The molecular weight excluding hydrogens is 352 g/mol. The van der Waals surface area contributed by atoms with E-state index in [1.165, 1.54) is 49.8 Å². The quantitative estimate of drug-likeness (QED) is 0.728. The van der Waals surface area contributed by atoms with Crippen LogP contribution in [0.5, 0.6) is 0 Å². The number of hydrogen-bond acceptors (Lipinski definition) is 4. The molecule has 0 radical (unpaired) electrons. The van der Waals surface area contributed by atoms with Gasteiger partial charge in [0.25, 0.3) is 5.91 Å². The second-order valence-corrected chi connectivity index (χ2v) is 9.75. The molecule has 6 heteroatoms. The molecule has 2 heterocycles. The number of nitrogens with two attached hydrogens (primary N) is 1. The van der Waals surface area contributed by atoms with Crippen molar-refractivity contribution in [2.45, 2.75) is 82.6 Å². The van der Waals surface area contributed by atoms with Crippen LogP contribution in [0, 0.1) is 17.8 Å². The van der Waals surface area contributed by atoms with Crippen LogP contribution in [-0.2, 0) is 9.59 Å². The van der Waals surface area contributed by atoms with Crippen LogP contribution in [-0.4, -0.2) is 53.2 Å². The Bertz CT molecular complexity index is 638. The molecule has 3 fully saturated rings. The predicted octanol–water partition coefficient (Wildman–Crippen LogP) is 2.91. The number of likely N-dealkylation sites (tertiary alicyclic amines) is 1. The van der Waals surface area contributed by atoms with Crippen molar-refractivity contribution in [1.82, 2.24) is 9.80 Å². The summed E-state index contributed by atoms with van der Waals surface area (Å²) in [6.45, 7) is 1.61. The summed E-state index contributed by atoms with van der Waals surface area (Å²) >= 11 is 0. The van der Waals surface area contributed by atoms with Crippen LogP contribution in [0.3, 0.4) is 0 Å². The van der Waals surface area contributed by atoms with Gasteiger partial charge in [0.1, 0.15) is 5.54 Å². The van der Waals surface area contributed by atoms with Crippen molar-refractivity contribution >= 4 is 17.8 Å². The number of carbonyl (C=O) groups is 2. The normalized spacial score (nSPS) is 31.5. The highest BCUT2D eigenvalue weighted by Gasteiger charge is 2.48. The van der Waals surface area contributed by atoms with Crippen molar-refractivity contribution in [1.29, 1.82) is 0 Å². The summed E-state index contributed by atoms with van der Waals surface area (Å²) in [7, 11) is 1.74. The maximum absolute atomic E-state index is 13.1. The summed E-state index contributed by atoms with van der Waals surface area (Å²) in [5, 5.41) is 0. The topological polar surface area (TPSA) is 79.0 Å². The van der Waals surface area contributed by atoms with E-state index in [0.29, 0.717) is 30.1 Å². The summed E-state index contributed by atoms with van der Waals surface area (Å²) in [6, 6.07) is 0. The molecule has 0 aromatic carbocycles. The van der Waals surface area contributed by atoms with E-state index in [0.717, 1.165) is 44.7 Å². The zero-order valence-corrected chi connectivity index (χ0v) is 17.4. The van der Waals surface area contributed by atoms with Crippen LogP contribution in [0.4, 0.5) is 0 Å². The molecule has 2 aliphatic carbocycles. The maximum Gasteiger partial charge on any atom is 0.257 e. The molecule has 2 saturated carbocycles. The molecule has 0 aromatic rings. The molecule has 6 nitrogen and oxygen atoms in total. The molecule has 2 N–H and O–H groups in total. The van der Waals surface area contributed by atoms with Gasteiger partial charge in [0.15, 0.2) is 5.96 Å². The Morgan fingerprint density at radius 3 is 2.50 bits per heavy atom. The molecule has 2 aliphatic heterocycles. The highest BCUT2D eigenvalue weighted by Crippen LogP contribution is 2.39. The summed E-state index contributed by atoms with van der Waals surface area (Å²) in [6.07, 6.45) is 13.3. The molecule has 2 atom stereocenters. The first-order valence-electron chi connectivity index (χ1n) is 11.4. The number of rotatable bonds is 7. The van der Waals surface area contributed by atoms with Crippen molar-refractivity contribution in [3.8, 4) is 0 Å². The SMILES string of the molecule is CN1C(=O)[C@](CCC2CCCCC2)(CC2CCN(C(=O)CC3CC3)C2)N=C1N. The lowest BCUT2D eigenvalue weighted by molar-refractivity contribution is -0.131. The van der Waals surface area contributed by atoms with E-state index in [2.05, 4.69) is 0 Å². The molecule has 1 saturated heterocycles. The van der Waals surface area contributed by atoms with Crippen LogP contribution in [0.15, 0.2) is 4.99 Å². The molecular formula is C22H36N4O2. The first kappa shape index (κ1) is 19.7. The number of amides is 2. The van der Waals surface area contributed by atoms with Crippen molar-refractivity contribution in [2.24, 2.45) is 28.5 Å².